The number of carbonyl (C=O) groups excluding carboxylic acids is 1. The molecular formula is C23H24N2O2S. The fraction of sp³-hybridized carbons (Fsp3) is 0.304. The van der Waals surface area contributed by atoms with Gasteiger partial charge in [0.25, 0.3) is 0 Å². The third kappa shape index (κ3) is 3.94. The summed E-state index contributed by atoms with van der Waals surface area (Å²) in [5.41, 5.74) is 4.32. The number of aryl methyl sites for hydroxylation is 1. The summed E-state index contributed by atoms with van der Waals surface area (Å²) in [6.07, 6.45) is 2.37. The average molecular weight is 393 g/mol. The van der Waals surface area contributed by atoms with Crippen LogP contribution < -0.4 is 4.74 Å². The molecule has 0 aliphatic carbocycles. The Bertz CT molecular complexity index is 965. The molecule has 0 radical (unpaired) electrons. The number of likely N-dealkylation sites (tertiary alicyclic amines) is 1. The molecule has 1 fully saturated rings. The first-order chi connectivity index (χ1) is 13.6. The van der Waals surface area contributed by atoms with Crippen LogP contribution in [0.5, 0.6) is 5.75 Å². The molecule has 144 valence electrons. The fourth-order valence-corrected chi connectivity index (χ4v) is 4.56. The number of carbonyl (C=O) groups is 1. The van der Waals surface area contributed by atoms with E-state index in [0.717, 1.165) is 47.0 Å². The summed E-state index contributed by atoms with van der Waals surface area (Å²) < 4.78 is 5.35. The van der Waals surface area contributed by atoms with E-state index in [0.29, 0.717) is 6.42 Å². The predicted molar refractivity (Wildman–Crippen MR) is 113 cm³/mol. The van der Waals surface area contributed by atoms with E-state index in [2.05, 4.69) is 37.3 Å². The summed E-state index contributed by atoms with van der Waals surface area (Å²) in [7, 11) is 1.67. The van der Waals surface area contributed by atoms with Crippen molar-refractivity contribution in [2.45, 2.75) is 32.2 Å². The lowest BCUT2D eigenvalue weighted by Crippen LogP contribution is -2.31. The number of methoxy groups -OCH3 is 1. The zero-order chi connectivity index (χ0) is 19.5. The Balaban J connectivity index is 1.47. The quantitative estimate of drug-likeness (QED) is 0.611. The van der Waals surface area contributed by atoms with E-state index in [1.807, 2.05) is 28.5 Å². The van der Waals surface area contributed by atoms with Crippen LogP contribution in [0, 0.1) is 6.92 Å². The number of nitrogens with zero attached hydrogens (tertiary/aromatic N) is 2. The molecule has 28 heavy (non-hydrogen) atoms. The Morgan fingerprint density at radius 3 is 2.86 bits per heavy atom. The minimum Gasteiger partial charge on any atom is -0.497 e. The lowest BCUT2D eigenvalue weighted by molar-refractivity contribution is -0.131. The van der Waals surface area contributed by atoms with Crippen molar-refractivity contribution in [1.29, 1.82) is 0 Å². The molecule has 0 N–H and O–H groups in total. The fourth-order valence-electron chi connectivity index (χ4n) is 3.73. The molecule has 1 saturated heterocycles. The van der Waals surface area contributed by atoms with Gasteiger partial charge in [0.05, 0.1) is 25.3 Å². The van der Waals surface area contributed by atoms with Crippen molar-refractivity contribution in [2.24, 2.45) is 0 Å². The first-order valence-electron chi connectivity index (χ1n) is 9.59. The molecule has 0 bridgehead atoms. The van der Waals surface area contributed by atoms with Crippen molar-refractivity contribution >= 4 is 17.2 Å². The van der Waals surface area contributed by atoms with Gasteiger partial charge in [-0.25, -0.2) is 4.98 Å². The van der Waals surface area contributed by atoms with E-state index >= 15 is 0 Å². The lowest BCUT2D eigenvalue weighted by Gasteiger charge is -2.25. The van der Waals surface area contributed by atoms with E-state index in [-0.39, 0.29) is 11.9 Å². The van der Waals surface area contributed by atoms with Gasteiger partial charge in [-0.3, -0.25) is 4.79 Å². The minimum absolute atomic E-state index is 0.123. The van der Waals surface area contributed by atoms with Crippen molar-refractivity contribution in [1.82, 2.24) is 9.88 Å². The Hall–Kier alpha value is -2.66. The SMILES string of the molecule is COc1cccc(C2CCCN2C(=O)Cc2csc(-c3ccc(C)cc3)n2)c1. The number of hydrogen-bond donors (Lipinski definition) is 0. The summed E-state index contributed by atoms with van der Waals surface area (Å²) in [6.45, 7) is 2.88. The van der Waals surface area contributed by atoms with E-state index in [1.54, 1.807) is 18.4 Å². The molecule has 2 heterocycles. The molecular weight excluding hydrogens is 368 g/mol. The Kier molecular flexibility index (Phi) is 5.44. The standard InChI is InChI=1S/C23H24N2O2S/c1-16-8-10-17(11-9-16)23-24-19(15-28-23)14-22(26)25-12-4-7-21(25)18-5-3-6-20(13-18)27-2/h3,5-6,8-11,13,15,21H,4,7,12,14H2,1-2H3. The smallest absolute Gasteiger partial charge is 0.229 e. The first kappa shape index (κ1) is 18.7. The normalized spacial score (nSPS) is 16.4. The van der Waals surface area contributed by atoms with E-state index in [1.165, 1.54) is 5.56 Å². The van der Waals surface area contributed by atoms with Crippen LogP contribution in [0.2, 0.25) is 0 Å². The number of amides is 1. The molecule has 1 amide bonds. The lowest BCUT2D eigenvalue weighted by atomic mass is 10.0. The first-order valence-corrected chi connectivity index (χ1v) is 10.5. The highest BCUT2D eigenvalue weighted by atomic mass is 32.1. The zero-order valence-corrected chi connectivity index (χ0v) is 17.0. The molecule has 1 aliphatic rings. The Morgan fingerprint density at radius 1 is 1.25 bits per heavy atom. The second-order valence-electron chi connectivity index (χ2n) is 7.21. The largest absolute Gasteiger partial charge is 0.497 e. The molecule has 5 heteroatoms. The predicted octanol–water partition coefficient (Wildman–Crippen LogP) is 5.03. The molecule has 0 spiro atoms. The number of aromatic nitrogens is 1. The van der Waals surface area contributed by atoms with Crippen molar-refractivity contribution in [3.05, 3.63) is 70.7 Å². The summed E-state index contributed by atoms with van der Waals surface area (Å²) in [6, 6.07) is 16.5. The number of hydrogen-bond acceptors (Lipinski definition) is 4. The summed E-state index contributed by atoms with van der Waals surface area (Å²) in [5.74, 6) is 0.977. The van der Waals surface area contributed by atoms with Crippen molar-refractivity contribution in [2.75, 3.05) is 13.7 Å². The van der Waals surface area contributed by atoms with Gasteiger partial charge >= 0.3 is 0 Å². The maximum absolute atomic E-state index is 13.0. The molecule has 0 saturated carbocycles. The van der Waals surface area contributed by atoms with Gasteiger partial charge in [0.1, 0.15) is 10.8 Å². The topological polar surface area (TPSA) is 42.4 Å². The van der Waals surface area contributed by atoms with Gasteiger partial charge in [-0.15, -0.1) is 11.3 Å². The molecule has 1 aromatic heterocycles. The molecule has 4 rings (SSSR count). The number of benzene rings is 2. The molecule has 1 atom stereocenters. The highest BCUT2D eigenvalue weighted by molar-refractivity contribution is 7.13. The van der Waals surface area contributed by atoms with Crippen molar-refractivity contribution in [3.63, 3.8) is 0 Å². The zero-order valence-electron chi connectivity index (χ0n) is 16.2. The van der Waals surface area contributed by atoms with Crippen LogP contribution in [0.1, 0.15) is 35.7 Å². The average Bonchev–Trinajstić information content (AvgIpc) is 3.38. The Morgan fingerprint density at radius 2 is 2.07 bits per heavy atom. The van der Waals surface area contributed by atoms with Gasteiger partial charge in [0, 0.05) is 17.5 Å². The van der Waals surface area contributed by atoms with E-state index < -0.39 is 0 Å². The van der Waals surface area contributed by atoms with Crippen LogP contribution in [0.15, 0.2) is 53.9 Å². The van der Waals surface area contributed by atoms with Gasteiger partial charge < -0.3 is 9.64 Å². The third-order valence-corrected chi connectivity index (χ3v) is 6.17. The summed E-state index contributed by atoms with van der Waals surface area (Å²) in [5, 5.41) is 2.97. The van der Waals surface area contributed by atoms with Gasteiger partial charge in [0.15, 0.2) is 0 Å². The maximum atomic E-state index is 13.0. The molecule has 2 aromatic carbocycles. The summed E-state index contributed by atoms with van der Waals surface area (Å²) >= 11 is 1.60. The Labute approximate surface area is 169 Å². The van der Waals surface area contributed by atoms with Crippen LogP contribution in [-0.2, 0) is 11.2 Å². The van der Waals surface area contributed by atoms with Crippen LogP contribution >= 0.6 is 11.3 Å². The highest BCUT2D eigenvalue weighted by Crippen LogP contribution is 2.34. The second-order valence-corrected chi connectivity index (χ2v) is 8.07. The number of thiazole rings is 1. The molecule has 4 nitrogen and oxygen atoms in total. The van der Waals surface area contributed by atoms with Gasteiger partial charge in [-0.05, 0) is 37.5 Å². The number of ether oxygens (including phenoxy) is 1. The second kappa shape index (κ2) is 8.15. The van der Waals surface area contributed by atoms with Crippen LogP contribution in [0.3, 0.4) is 0 Å². The highest BCUT2D eigenvalue weighted by Gasteiger charge is 2.30. The molecule has 1 unspecified atom stereocenters. The van der Waals surface area contributed by atoms with Crippen LogP contribution in [0.4, 0.5) is 0 Å². The maximum Gasteiger partial charge on any atom is 0.229 e. The van der Waals surface area contributed by atoms with Gasteiger partial charge in [-0.2, -0.15) is 0 Å². The molecule has 1 aliphatic heterocycles. The van der Waals surface area contributed by atoms with Gasteiger partial charge in [-0.1, -0.05) is 42.0 Å². The third-order valence-electron chi connectivity index (χ3n) is 5.23. The van der Waals surface area contributed by atoms with E-state index in [4.69, 9.17) is 9.72 Å². The molecule has 3 aromatic rings. The minimum atomic E-state index is 0.123. The monoisotopic (exact) mass is 392 g/mol. The van der Waals surface area contributed by atoms with Crippen molar-refractivity contribution in [3.8, 4) is 16.3 Å². The van der Waals surface area contributed by atoms with Crippen LogP contribution in [-0.4, -0.2) is 29.4 Å². The van der Waals surface area contributed by atoms with Gasteiger partial charge in [0.2, 0.25) is 5.91 Å². The summed E-state index contributed by atoms with van der Waals surface area (Å²) in [4.78, 5) is 19.7. The number of rotatable bonds is 5. The van der Waals surface area contributed by atoms with Crippen LogP contribution in [0.25, 0.3) is 10.6 Å². The van der Waals surface area contributed by atoms with E-state index in [9.17, 15) is 4.79 Å². The van der Waals surface area contributed by atoms with Crippen molar-refractivity contribution < 1.29 is 9.53 Å².